The molecule has 1 aromatic rings. The van der Waals surface area contributed by atoms with Gasteiger partial charge < -0.3 is 5.73 Å². The Morgan fingerprint density at radius 1 is 1.20 bits per heavy atom. The second-order valence-corrected chi connectivity index (χ2v) is 4.56. The molecule has 0 amide bonds. The second-order valence-electron chi connectivity index (χ2n) is 4.56. The molecule has 2 N–H and O–H groups in total. The van der Waals surface area contributed by atoms with Gasteiger partial charge in [-0.25, -0.2) is 4.39 Å². The lowest BCUT2D eigenvalue weighted by molar-refractivity contribution is 0.342. The summed E-state index contributed by atoms with van der Waals surface area (Å²) in [6, 6.07) is 6.88. The van der Waals surface area contributed by atoms with Crippen LogP contribution in [-0.2, 0) is 6.42 Å². The topological polar surface area (TPSA) is 26.0 Å². The summed E-state index contributed by atoms with van der Waals surface area (Å²) in [6.07, 6.45) is 0.617. The first kappa shape index (κ1) is 12.2. The van der Waals surface area contributed by atoms with Crippen molar-refractivity contribution in [3.05, 3.63) is 35.6 Å². The molecule has 0 fully saturated rings. The Morgan fingerprint density at radius 2 is 1.80 bits per heavy atom. The molecule has 15 heavy (non-hydrogen) atoms. The minimum absolute atomic E-state index is 0.0295. The van der Waals surface area contributed by atoms with Gasteiger partial charge in [0, 0.05) is 6.04 Å². The van der Waals surface area contributed by atoms with Gasteiger partial charge in [-0.2, -0.15) is 0 Å². The molecule has 0 heterocycles. The maximum absolute atomic E-state index is 13.4. The van der Waals surface area contributed by atoms with Crippen LogP contribution in [0.4, 0.5) is 4.39 Å². The van der Waals surface area contributed by atoms with Crippen molar-refractivity contribution < 1.29 is 4.39 Å². The van der Waals surface area contributed by atoms with E-state index in [0.717, 1.165) is 5.56 Å². The highest BCUT2D eigenvalue weighted by atomic mass is 19.1. The fourth-order valence-electron chi connectivity index (χ4n) is 1.60. The van der Waals surface area contributed by atoms with Crippen molar-refractivity contribution in [2.75, 3.05) is 0 Å². The van der Waals surface area contributed by atoms with E-state index >= 15 is 0 Å². The van der Waals surface area contributed by atoms with Gasteiger partial charge in [0.25, 0.3) is 0 Å². The van der Waals surface area contributed by atoms with Crippen molar-refractivity contribution in [2.45, 2.75) is 33.2 Å². The Labute approximate surface area is 91.5 Å². The molecule has 0 aliphatic carbocycles. The number of rotatable bonds is 4. The smallest absolute Gasteiger partial charge is 0.126 e. The molecule has 0 bridgehead atoms. The van der Waals surface area contributed by atoms with Crippen molar-refractivity contribution in [3.8, 4) is 0 Å². The van der Waals surface area contributed by atoms with Gasteiger partial charge in [0.2, 0.25) is 0 Å². The number of hydrogen-bond donors (Lipinski definition) is 1. The van der Waals surface area contributed by atoms with E-state index in [1.165, 1.54) is 6.07 Å². The molecule has 1 rings (SSSR count). The summed E-state index contributed by atoms with van der Waals surface area (Å²) in [5, 5.41) is 0. The molecular weight excluding hydrogens is 189 g/mol. The molecule has 2 unspecified atom stereocenters. The normalized spacial score (nSPS) is 15.3. The van der Waals surface area contributed by atoms with Crippen LogP contribution >= 0.6 is 0 Å². The van der Waals surface area contributed by atoms with Gasteiger partial charge in [-0.05, 0) is 29.9 Å². The number of nitrogens with two attached hydrogens (primary N) is 1. The summed E-state index contributed by atoms with van der Waals surface area (Å²) in [5.74, 6) is 0.792. The Kier molecular flexibility index (Phi) is 4.28. The lowest BCUT2D eigenvalue weighted by Gasteiger charge is -2.23. The van der Waals surface area contributed by atoms with Crippen molar-refractivity contribution >= 4 is 0 Å². The lowest BCUT2D eigenvalue weighted by atomic mass is 9.87. The molecular formula is C13H20FN. The van der Waals surface area contributed by atoms with Gasteiger partial charge in [-0.1, -0.05) is 39.0 Å². The van der Waals surface area contributed by atoms with Crippen LogP contribution in [0.5, 0.6) is 0 Å². The molecule has 1 nitrogen and oxygen atoms in total. The molecule has 1 aromatic carbocycles. The SMILES string of the molecule is CC(C)C(C)C(N)Cc1ccccc1F. The van der Waals surface area contributed by atoms with Crippen molar-refractivity contribution in [2.24, 2.45) is 17.6 Å². The molecule has 2 heteroatoms. The van der Waals surface area contributed by atoms with Gasteiger partial charge in [-0.15, -0.1) is 0 Å². The summed E-state index contributed by atoms with van der Waals surface area (Å²) in [5.41, 5.74) is 6.77. The van der Waals surface area contributed by atoms with Gasteiger partial charge >= 0.3 is 0 Å². The average Bonchev–Trinajstić information content (AvgIpc) is 2.20. The number of benzene rings is 1. The highest BCUT2D eigenvalue weighted by Gasteiger charge is 2.17. The summed E-state index contributed by atoms with van der Waals surface area (Å²) in [4.78, 5) is 0. The summed E-state index contributed by atoms with van der Waals surface area (Å²) < 4.78 is 13.4. The Hall–Kier alpha value is -0.890. The Bertz CT molecular complexity index is 309. The molecule has 84 valence electrons. The van der Waals surface area contributed by atoms with Crippen LogP contribution in [0, 0.1) is 17.7 Å². The van der Waals surface area contributed by atoms with Crippen LogP contribution in [0.25, 0.3) is 0 Å². The zero-order chi connectivity index (χ0) is 11.4. The number of hydrogen-bond acceptors (Lipinski definition) is 1. The van der Waals surface area contributed by atoms with E-state index in [1.54, 1.807) is 6.07 Å². The molecule has 2 atom stereocenters. The quantitative estimate of drug-likeness (QED) is 0.810. The van der Waals surface area contributed by atoms with Gasteiger partial charge in [0.15, 0.2) is 0 Å². The molecule has 0 aliphatic rings. The standard InChI is InChI=1S/C13H20FN/c1-9(2)10(3)13(15)8-11-6-4-5-7-12(11)14/h4-7,9-10,13H,8,15H2,1-3H3. The lowest BCUT2D eigenvalue weighted by Crippen LogP contribution is -2.33. The van der Waals surface area contributed by atoms with Crippen molar-refractivity contribution in [1.82, 2.24) is 0 Å². The first-order chi connectivity index (χ1) is 7.02. The van der Waals surface area contributed by atoms with Crippen LogP contribution in [0.15, 0.2) is 24.3 Å². The van der Waals surface area contributed by atoms with Crippen molar-refractivity contribution in [3.63, 3.8) is 0 Å². The van der Waals surface area contributed by atoms with Gasteiger partial charge in [0.1, 0.15) is 5.82 Å². The minimum Gasteiger partial charge on any atom is -0.327 e. The maximum atomic E-state index is 13.4. The van der Waals surface area contributed by atoms with E-state index in [-0.39, 0.29) is 11.9 Å². The summed E-state index contributed by atoms with van der Waals surface area (Å²) in [6.45, 7) is 6.41. The average molecular weight is 209 g/mol. The molecule has 0 aromatic heterocycles. The molecule has 0 saturated heterocycles. The van der Waals surface area contributed by atoms with Gasteiger partial charge in [0.05, 0.1) is 0 Å². The largest absolute Gasteiger partial charge is 0.327 e. The third kappa shape index (κ3) is 3.31. The molecule has 0 spiro atoms. The third-order valence-corrected chi connectivity index (χ3v) is 3.14. The van der Waals surface area contributed by atoms with Crippen molar-refractivity contribution in [1.29, 1.82) is 0 Å². The summed E-state index contributed by atoms with van der Waals surface area (Å²) >= 11 is 0. The monoisotopic (exact) mass is 209 g/mol. The predicted molar refractivity (Wildman–Crippen MR) is 62.1 cm³/mol. The van der Waals surface area contributed by atoms with Crippen LogP contribution < -0.4 is 5.73 Å². The minimum atomic E-state index is -0.149. The van der Waals surface area contributed by atoms with E-state index in [2.05, 4.69) is 20.8 Å². The number of halogens is 1. The highest BCUT2D eigenvalue weighted by molar-refractivity contribution is 5.18. The fraction of sp³-hybridized carbons (Fsp3) is 0.538. The van der Waals surface area contributed by atoms with E-state index in [1.807, 2.05) is 12.1 Å². The van der Waals surface area contributed by atoms with Crippen LogP contribution in [0.1, 0.15) is 26.3 Å². The van der Waals surface area contributed by atoms with E-state index < -0.39 is 0 Å². The van der Waals surface area contributed by atoms with Crippen LogP contribution in [-0.4, -0.2) is 6.04 Å². The molecule has 0 aliphatic heterocycles. The molecule has 0 radical (unpaired) electrons. The molecule has 0 saturated carbocycles. The summed E-state index contributed by atoms with van der Waals surface area (Å²) in [7, 11) is 0. The second kappa shape index (κ2) is 5.26. The fourth-order valence-corrected chi connectivity index (χ4v) is 1.60. The van der Waals surface area contributed by atoms with E-state index in [0.29, 0.717) is 18.3 Å². The van der Waals surface area contributed by atoms with E-state index in [4.69, 9.17) is 5.73 Å². The first-order valence-electron chi connectivity index (χ1n) is 5.51. The van der Waals surface area contributed by atoms with E-state index in [9.17, 15) is 4.39 Å². The third-order valence-electron chi connectivity index (χ3n) is 3.14. The van der Waals surface area contributed by atoms with Crippen LogP contribution in [0.2, 0.25) is 0 Å². The highest BCUT2D eigenvalue weighted by Crippen LogP contribution is 2.17. The zero-order valence-corrected chi connectivity index (χ0v) is 9.70. The maximum Gasteiger partial charge on any atom is 0.126 e. The zero-order valence-electron chi connectivity index (χ0n) is 9.70. The van der Waals surface area contributed by atoms with Gasteiger partial charge in [-0.3, -0.25) is 0 Å². The predicted octanol–water partition coefficient (Wildman–Crippen LogP) is 2.99. The first-order valence-corrected chi connectivity index (χ1v) is 5.51. The Balaban J connectivity index is 2.66. The Morgan fingerprint density at radius 3 is 2.33 bits per heavy atom. The van der Waals surface area contributed by atoms with Crippen LogP contribution in [0.3, 0.4) is 0 Å².